The molecule has 4 aromatic rings. The van der Waals surface area contributed by atoms with Gasteiger partial charge in [-0.3, -0.25) is 4.79 Å². The van der Waals surface area contributed by atoms with Crippen molar-refractivity contribution in [3.63, 3.8) is 0 Å². The van der Waals surface area contributed by atoms with Crippen molar-refractivity contribution in [1.29, 1.82) is 0 Å². The zero-order valence-electron chi connectivity index (χ0n) is 15.5. The fourth-order valence-electron chi connectivity index (χ4n) is 3.00. The molecule has 0 bridgehead atoms. The van der Waals surface area contributed by atoms with Crippen molar-refractivity contribution < 1.29 is 9.18 Å². The molecule has 0 fully saturated rings. The Hall–Kier alpha value is -3.87. The standard InChI is InChI=1S/C22H18FN5O/c23-19-7-4-8-20(14-19)28-21(25-26-27-28)15-24-22(29)13-16-9-11-18(12-10-16)17-5-2-1-3-6-17/h1-12,14H,13,15H2,(H,24,29). The molecule has 0 spiro atoms. The molecule has 0 aliphatic heterocycles. The molecule has 6 nitrogen and oxygen atoms in total. The molecule has 0 radical (unpaired) electrons. The second-order valence-corrected chi connectivity index (χ2v) is 6.50. The first-order chi connectivity index (χ1) is 14.2. The lowest BCUT2D eigenvalue weighted by Crippen LogP contribution is -2.26. The third-order valence-electron chi connectivity index (χ3n) is 4.46. The molecule has 0 atom stereocenters. The lowest BCUT2D eigenvalue weighted by atomic mass is 10.0. The summed E-state index contributed by atoms with van der Waals surface area (Å²) in [5.74, 6) is -0.110. The number of nitrogens with zero attached hydrogens (tertiary/aromatic N) is 4. The maximum atomic E-state index is 13.4. The number of halogens is 1. The van der Waals surface area contributed by atoms with Gasteiger partial charge in [0, 0.05) is 0 Å². The molecule has 0 unspecified atom stereocenters. The van der Waals surface area contributed by atoms with Crippen LogP contribution in [0.4, 0.5) is 4.39 Å². The van der Waals surface area contributed by atoms with Crippen molar-refractivity contribution in [3.8, 4) is 16.8 Å². The van der Waals surface area contributed by atoms with E-state index >= 15 is 0 Å². The second-order valence-electron chi connectivity index (χ2n) is 6.50. The molecule has 1 amide bonds. The van der Waals surface area contributed by atoms with Gasteiger partial charge in [0.05, 0.1) is 18.7 Å². The maximum absolute atomic E-state index is 13.4. The molecule has 3 aromatic carbocycles. The molecule has 0 aliphatic carbocycles. The average Bonchev–Trinajstić information content (AvgIpc) is 3.22. The van der Waals surface area contributed by atoms with E-state index in [1.165, 1.54) is 16.8 Å². The Bertz CT molecular complexity index is 1110. The first-order valence-corrected chi connectivity index (χ1v) is 9.13. The minimum absolute atomic E-state index is 0.143. The van der Waals surface area contributed by atoms with Crippen LogP contribution in [0.5, 0.6) is 0 Å². The normalized spacial score (nSPS) is 10.7. The molecule has 0 saturated carbocycles. The molecule has 0 aliphatic rings. The van der Waals surface area contributed by atoms with Gasteiger partial charge in [-0.15, -0.1) is 5.10 Å². The van der Waals surface area contributed by atoms with Gasteiger partial charge >= 0.3 is 0 Å². The highest BCUT2D eigenvalue weighted by molar-refractivity contribution is 5.78. The Morgan fingerprint density at radius 1 is 0.931 bits per heavy atom. The van der Waals surface area contributed by atoms with Crippen molar-refractivity contribution >= 4 is 5.91 Å². The van der Waals surface area contributed by atoms with E-state index in [2.05, 4.69) is 20.8 Å². The predicted octanol–water partition coefficient (Wildman–Crippen LogP) is 3.33. The van der Waals surface area contributed by atoms with E-state index in [9.17, 15) is 9.18 Å². The number of nitrogens with one attached hydrogen (secondary N) is 1. The second kappa shape index (κ2) is 8.43. The molecule has 1 heterocycles. The van der Waals surface area contributed by atoms with Gasteiger partial charge < -0.3 is 5.32 Å². The Morgan fingerprint density at radius 2 is 1.69 bits per heavy atom. The zero-order valence-corrected chi connectivity index (χ0v) is 15.5. The van der Waals surface area contributed by atoms with E-state index < -0.39 is 0 Å². The minimum Gasteiger partial charge on any atom is -0.348 e. The van der Waals surface area contributed by atoms with Gasteiger partial charge in [0.2, 0.25) is 5.91 Å². The monoisotopic (exact) mass is 387 g/mol. The predicted molar refractivity (Wildman–Crippen MR) is 107 cm³/mol. The lowest BCUT2D eigenvalue weighted by Gasteiger charge is -2.07. The number of hydrogen-bond donors (Lipinski definition) is 1. The Kier molecular flexibility index (Phi) is 5.38. The van der Waals surface area contributed by atoms with Crippen molar-refractivity contribution in [2.45, 2.75) is 13.0 Å². The number of aromatic nitrogens is 4. The molecule has 1 aromatic heterocycles. The summed E-state index contributed by atoms with van der Waals surface area (Å²) < 4.78 is 14.8. The third-order valence-corrected chi connectivity index (χ3v) is 4.46. The highest BCUT2D eigenvalue weighted by Gasteiger charge is 2.11. The van der Waals surface area contributed by atoms with E-state index in [-0.39, 0.29) is 24.7 Å². The third kappa shape index (κ3) is 4.52. The first kappa shape index (κ1) is 18.5. The SMILES string of the molecule is O=C(Cc1ccc(-c2ccccc2)cc1)NCc1nnnn1-c1cccc(F)c1. The summed E-state index contributed by atoms with van der Waals surface area (Å²) in [6.07, 6.45) is 0.247. The van der Waals surface area contributed by atoms with Gasteiger partial charge in [0.25, 0.3) is 0 Å². The fourth-order valence-corrected chi connectivity index (χ4v) is 3.00. The molecule has 4 rings (SSSR count). The van der Waals surface area contributed by atoms with E-state index in [4.69, 9.17) is 0 Å². The fraction of sp³-hybridized carbons (Fsp3) is 0.0909. The molecular formula is C22H18FN5O. The summed E-state index contributed by atoms with van der Waals surface area (Å²) in [4.78, 5) is 12.3. The smallest absolute Gasteiger partial charge is 0.224 e. The highest BCUT2D eigenvalue weighted by Crippen LogP contribution is 2.19. The van der Waals surface area contributed by atoms with Crippen LogP contribution in [0.2, 0.25) is 0 Å². The van der Waals surface area contributed by atoms with E-state index in [1.807, 2.05) is 54.6 Å². The number of amides is 1. The van der Waals surface area contributed by atoms with Gasteiger partial charge in [0.15, 0.2) is 5.82 Å². The van der Waals surface area contributed by atoms with Crippen molar-refractivity contribution in [2.75, 3.05) is 0 Å². The van der Waals surface area contributed by atoms with Crippen LogP contribution in [0.1, 0.15) is 11.4 Å². The molecular weight excluding hydrogens is 369 g/mol. The summed E-state index contributed by atoms with van der Waals surface area (Å²) >= 11 is 0. The number of hydrogen-bond acceptors (Lipinski definition) is 4. The summed E-state index contributed by atoms with van der Waals surface area (Å²) in [5.41, 5.74) is 3.64. The van der Waals surface area contributed by atoms with Gasteiger partial charge in [-0.2, -0.15) is 4.68 Å². The topological polar surface area (TPSA) is 72.7 Å². The molecule has 1 N–H and O–H groups in total. The van der Waals surface area contributed by atoms with Crippen molar-refractivity contribution in [2.24, 2.45) is 0 Å². The Labute approximate surface area is 167 Å². The number of tetrazole rings is 1. The minimum atomic E-state index is -0.382. The lowest BCUT2D eigenvalue weighted by molar-refractivity contribution is -0.120. The van der Waals surface area contributed by atoms with Gasteiger partial charge in [-0.05, 0) is 45.3 Å². The Morgan fingerprint density at radius 3 is 2.45 bits per heavy atom. The number of rotatable bonds is 6. The summed E-state index contributed by atoms with van der Waals surface area (Å²) in [7, 11) is 0. The van der Waals surface area contributed by atoms with Crippen LogP contribution in [0, 0.1) is 5.82 Å². The largest absolute Gasteiger partial charge is 0.348 e. The number of carbonyl (C=O) groups excluding carboxylic acids is 1. The van der Waals surface area contributed by atoms with Crippen LogP contribution in [-0.4, -0.2) is 26.1 Å². The van der Waals surface area contributed by atoms with Crippen LogP contribution < -0.4 is 5.32 Å². The van der Waals surface area contributed by atoms with Crippen LogP contribution in [-0.2, 0) is 17.8 Å². The van der Waals surface area contributed by atoms with Gasteiger partial charge in [-0.25, -0.2) is 4.39 Å². The van der Waals surface area contributed by atoms with E-state index in [0.29, 0.717) is 11.5 Å². The Balaban J connectivity index is 1.37. The van der Waals surface area contributed by atoms with Crippen LogP contribution >= 0.6 is 0 Å². The molecule has 7 heteroatoms. The van der Waals surface area contributed by atoms with Crippen LogP contribution in [0.25, 0.3) is 16.8 Å². The zero-order chi connectivity index (χ0) is 20.1. The van der Waals surface area contributed by atoms with Crippen molar-refractivity contribution in [1.82, 2.24) is 25.5 Å². The van der Waals surface area contributed by atoms with Crippen molar-refractivity contribution in [3.05, 3.63) is 96.1 Å². The summed E-state index contributed by atoms with van der Waals surface area (Å²) in [5, 5.41) is 14.2. The quantitative estimate of drug-likeness (QED) is 0.551. The van der Waals surface area contributed by atoms with Crippen LogP contribution in [0.15, 0.2) is 78.9 Å². The van der Waals surface area contributed by atoms with E-state index in [0.717, 1.165) is 16.7 Å². The van der Waals surface area contributed by atoms with Gasteiger partial charge in [0.1, 0.15) is 5.82 Å². The highest BCUT2D eigenvalue weighted by atomic mass is 19.1. The number of carbonyl (C=O) groups is 1. The maximum Gasteiger partial charge on any atom is 0.224 e. The molecule has 144 valence electrons. The van der Waals surface area contributed by atoms with E-state index in [1.54, 1.807) is 12.1 Å². The number of benzene rings is 3. The van der Waals surface area contributed by atoms with Crippen LogP contribution in [0.3, 0.4) is 0 Å². The van der Waals surface area contributed by atoms with Gasteiger partial charge in [-0.1, -0.05) is 60.7 Å². The molecule has 0 saturated heterocycles. The first-order valence-electron chi connectivity index (χ1n) is 9.13. The summed E-state index contributed by atoms with van der Waals surface area (Å²) in [6, 6.07) is 23.9. The average molecular weight is 387 g/mol. The summed E-state index contributed by atoms with van der Waals surface area (Å²) in [6.45, 7) is 0.143. The molecule has 29 heavy (non-hydrogen) atoms.